The van der Waals surface area contributed by atoms with Gasteiger partial charge in [0.25, 0.3) is 5.91 Å². The number of amides is 1. The van der Waals surface area contributed by atoms with E-state index in [1.807, 2.05) is 0 Å². The third-order valence-corrected chi connectivity index (χ3v) is 2.39. The van der Waals surface area contributed by atoms with E-state index in [1.54, 1.807) is 24.3 Å². The molecule has 2 aromatic carbocycles. The number of carbonyl (C=O) groups is 1. The fourth-order valence-electron chi connectivity index (χ4n) is 1.47. The Balaban J connectivity index is 2.21. The zero-order valence-electron chi connectivity index (χ0n) is 9.42. The molecular weight excluding hydrogens is 232 g/mol. The number of nitrogens with two attached hydrogens (primary N) is 1. The molecule has 0 atom stereocenters. The van der Waals surface area contributed by atoms with E-state index in [0.29, 0.717) is 11.4 Å². The molecule has 5 nitrogen and oxygen atoms in total. The summed E-state index contributed by atoms with van der Waals surface area (Å²) in [5, 5.41) is 21.4. The van der Waals surface area contributed by atoms with Gasteiger partial charge in [-0.05, 0) is 42.5 Å². The van der Waals surface area contributed by atoms with Crippen molar-refractivity contribution in [2.75, 3.05) is 11.1 Å². The number of anilines is 2. The standard InChI is InChI=1S/C13H12N2O3/c14-8-1-3-9(4-2-8)15-13(18)11-7-10(16)5-6-12(11)17/h1-7,16-17H,14H2,(H,15,18). The summed E-state index contributed by atoms with van der Waals surface area (Å²) in [4.78, 5) is 11.9. The van der Waals surface area contributed by atoms with E-state index in [4.69, 9.17) is 5.73 Å². The number of carbonyl (C=O) groups excluding carboxylic acids is 1. The average molecular weight is 244 g/mol. The van der Waals surface area contributed by atoms with Crippen LogP contribution in [0.15, 0.2) is 42.5 Å². The first kappa shape index (κ1) is 11.8. The maximum atomic E-state index is 11.9. The molecule has 0 aromatic heterocycles. The van der Waals surface area contributed by atoms with E-state index >= 15 is 0 Å². The van der Waals surface area contributed by atoms with Gasteiger partial charge in [-0.3, -0.25) is 4.79 Å². The van der Waals surface area contributed by atoms with Crippen molar-refractivity contribution in [3.63, 3.8) is 0 Å². The second kappa shape index (κ2) is 4.67. The number of phenolic OH excluding ortho intramolecular Hbond substituents is 2. The summed E-state index contributed by atoms with van der Waals surface area (Å²) in [6.45, 7) is 0. The third-order valence-electron chi connectivity index (χ3n) is 2.39. The number of hydrogen-bond acceptors (Lipinski definition) is 4. The lowest BCUT2D eigenvalue weighted by atomic mass is 10.1. The van der Waals surface area contributed by atoms with Gasteiger partial charge < -0.3 is 21.3 Å². The van der Waals surface area contributed by atoms with Gasteiger partial charge in [-0.2, -0.15) is 0 Å². The maximum Gasteiger partial charge on any atom is 0.259 e. The van der Waals surface area contributed by atoms with Crippen molar-refractivity contribution in [3.8, 4) is 11.5 Å². The highest BCUT2D eigenvalue weighted by Crippen LogP contribution is 2.23. The Hall–Kier alpha value is -2.69. The molecule has 5 heteroatoms. The molecule has 2 aromatic rings. The predicted molar refractivity (Wildman–Crippen MR) is 68.6 cm³/mol. The van der Waals surface area contributed by atoms with E-state index in [9.17, 15) is 15.0 Å². The molecule has 0 aliphatic heterocycles. The summed E-state index contributed by atoms with van der Waals surface area (Å²) in [6.07, 6.45) is 0. The highest BCUT2D eigenvalue weighted by Gasteiger charge is 2.12. The van der Waals surface area contributed by atoms with Crippen LogP contribution in [0.3, 0.4) is 0 Å². The first-order valence-electron chi connectivity index (χ1n) is 5.25. The van der Waals surface area contributed by atoms with Gasteiger partial charge in [0.2, 0.25) is 0 Å². The van der Waals surface area contributed by atoms with Gasteiger partial charge in [0.1, 0.15) is 11.5 Å². The lowest BCUT2D eigenvalue weighted by molar-refractivity contribution is 0.102. The first-order valence-corrected chi connectivity index (χ1v) is 5.25. The first-order chi connectivity index (χ1) is 8.56. The number of nitrogens with one attached hydrogen (secondary N) is 1. The van der Waals surface area contributed by atoms with Gasteiger partial charge >= 0.3 is 0 Å². The quantitative estimate of drug-likeness (QED) is 0.479. The van der Waals surface area contributed by atoms with Gasteiger partial charge in [0.05, 0.1) is 5.56 Å². The number of rotatable bonds is 2. The number of nitrogen functional groups attached to an aromatic ring is 1. The molecule has 0 saturated carbocycles. The third kappa shape index (κ3) is 2.52. The van der Waals surface area contributed by atoms with Crippen LogP contribution in [0.1, 0.15) is 10.4 Å². The van der Waals surface area contributed by atoms with Crippen LogP contribution in [-0.2, 0) is 0 Å². The Morgan fingerprint density at radius 2 is 1.72 bits per heavy atom. The zero-order valence-corrected chi connectivity index (χ0v) is 9.42. The Labute approximate surface area is 103 Å². The molecule has 1 amide bonds. The normalized spacial score (nSPS) is 10.0. The van der Waals surface area contributed by atoms with Crippen molar-refractivity contribution in [2.24, 2.45) is 0 Å². The van der Waals surface area contributed by atoms with E-state index in [2.05, 4.69) is 5.32 Å². The van der Waals surface area contributed by atoms with E-state index in [-0.39, 0.29) is 17.1 Å². The molecule has 0 heterocycles. The van der Waals surface area contributed by atoms with Crippen molar-refractivity contribution in [3.05, 3.63) is 48.0 Å². The summed E-state index contributed by atoms with van der Waals surface area (Å²) in [7, 11) is 0. The van der Waals surface area contributed by atoms with Gasteiger partial charge in [0, 0.05) is 11.4 Å². The molecule has 0 fully saturated rings. The maximum absolute atomic E-state index is 11.9. The second-order valence-electron chi connectivity index (χ2n) is 3.78. The molecule has 92 valence electrons. The number of aromatic hydroxyl groups is 2. The lowest BCUT2D eigenvalue weighted by Gasteiger charge is -2.07. The Morgan fingerprint density at radius 1 is 1.06 bits per heavy atom. The van der Waals surface area contributed by atoms with Crippen LogP contribution in [0.2, 0.25) is 0 Å². The minimum absolute atomic E-state index is 0.00632. The Bertz CT molecular complexity index is 579. The fourth-order valence-corrected chi connectivity index (χ4v) is 1.47. The van der Waals surface area contributed by atoms with Crippen molar-refractivity contribution in [1.29, 1.82) is 0 Å². The van der Waals surface area contributed by atoms with Gasteiger partial charge in [-0.1, -0.05) is 0 Å². The molecule has 0 bridgehead atoms. The van der Waals surface area contributed by atoms with Crippen LogP contribution in [0, 0.1) is 0 Å². The summed E-state index contributed by atoms with van der Waals surface area (Å²) in [5.41, 5.74) is 6.68. The molecule has 0 saturated heterocycles. The van der Waals surface area contributed by atoms with Crippen LogP contribution in [0.4, 0.5) is 11.4 Å². The molecule has 0 unspecified atom stereocenters. The van der Waals surface area contributed by atoms with Gasteiger partial charge in [-0.15, -0.1) is 0 Å². The van der Waals surface area contributed by atoms with Crippen molar-refractivity contribution in [1.82, 2.24) is 0 Å². The average Bonchev–Trinajstić information content (AvgIpc) is 2.35. The van der Waals surface area contributed by atoms with E-state index in [1.165, 1.54) is 18.2 Å². The van der Waals surface area contributed by atoms with Crippen LogP contribution in [0.25, 0.3) is 0 Å². The number of phenols is 2. The van der Waals surface area contributed by atoms with Gasteiger partial charge in [-0.25, -0.2) is 0 Å². The lowest BCUT2D eigenvalue weighted by Crippen LogP contribution is -2.11. The van der Waals surface area contributed by atoms with Crippen molar-refractivity contribution >= 4 is 17.3 Å². The predicted octanol–water partition coefficient (Wildman–Crippen LogP) is 1.93. The molecule has 0 radical (unpaired) electrons. The van der Waals surface area contributed by atoms with E-state index in [0.717, 1.165) is 0 Å². The second-order valence-corrected chi connectivity index (χ2v) is 3.78. The summed E-state index contributed by atoms with van der Waals surface area (Å²) in [5.74, 6) is -0.788. The number of benzene rings is 2. The van der Waals surface area contributed by atoms with Crippen LogP contribution < -0.4 is 11.1 Å². The molecule has 2 rings (SSSR count). The van der Waals surface area contributed by atoms with Crippen LogP contribution >= 0.6 is 0 Å². The van der Waals surface area contributed by atoms with Crippen LogP contribution in [0.5, 0.6) is 11.5 Å². The van der Waals surface area contributed by atoms with E-state index < -0.39 is 5.91 Å². The molecular formula is C13H12N2O3. The zero-order chi connectivity index (χ0) is 13.1. The Morgan fingerprint density at radius 3 is 2.39 bits per heavy atom. The largest absolute Gasteiger partial charge is 0.508 e. The topological polar surface area (TPSA) is 95.6 Å². The SMILES string of the molecule is Nc1ccc(NC(=O)c2cc(O)ccc2O)cc1. The van der Waals surface area contributed by atoms with Gasteiger partial charge in [0.15, 0.2) is 0 Å². The molecule has 0 aliphatic carbocycles. The smallest absolute Gasteiger partial charge is 0.259 e. The molecule has 5 N–H and O–H groups in total. The number of hydrogen-bond donors (Lipinski definition) is 4. The Kier molecular flexibility index (Phi) is 3.05. The molecule has 18 heavy (non-hydrogen) atoms. The molecule has 0 spiro atoms. The minimum atomic E-state index is -0.506. The monoisotopic (exact) mass is 244 g/mol. The highest BCUT2D eigenvalue weighted by molar-refractivity contribution is 6.06. The highest BCUT2D eigenvalue weighted by atomic mass is 16.3. The summed E-state index contributed by atoms with van der Waals surface area (Å²) in [6, 6.07) is 10.3. The van der Waals surface area contributed by atoms with Crippen molar-refractivity contribution < 1.29 is 15.0 Å². The summed E-state index contributed by atoms with van der Waals surface area (Å²) < 4.78 is 0. The fraction of sp³-hybridized carbons (Fsp3) is 0. The molecule has 0 aliphatic rings. The minimum Gasteiger partial charge on any atom is -0.508 e. The summed E-state index contributed by atoms with van der Waals surface area (Å²) >= 11 is 0. The van der Waals surface area contributed by atoms with Crippen LogP contribution in [-0.4, -0.2) is 16.1 Å². The van der Waals surface area contributed by atoms with Crippen molar-refractivity contribution in [2.45, 2.75) is 0 Å².